The molecule has 2 atom stereocenters. The third kappa shape index (κ3) is 3.93. The van der Waals surface area contributed by atoms with Gasteiger partial charge in [0.25, 0.3) is 0 Å². The van der Waals surface area contributed by atoms with Gasteiger partial charge in [0, 0.05) is 31.9 Å². The van der Waals surface area contributed by atoms with Crippen molar-refractivity contribution in [2.45, 2.75) is 18.3 Å². The van der Waals surface area contributed by atoms with Crippen LogP contribution in [0.5, 0.6) is 5.75 Å². The van der Waals surface area contributed by atoms with Gasteiger partial charge in [-0.05, 0) is 47.6 Å². The lowest BCUT2D eigenvalue weighted by atomic mass is 10.1. The average Bonchev–Trinajstić information content (AvgIpc) is 3.51. The molecule has 7 heteroatoms. The molecule has 1 fully saturated rings. The Bertz CT molecular complexity index is 906. The summed E-state index contributed by atoms with van der Waals surface area (Å²) in [6.07, 6.45) is 7.95. The summed E-state index contributed by atoms with van der Waals surface area (Å²) in [4.78, 5) is 17.1. The van der Waals surface area contributed by atoms with Gasteiger partial charge < -0.3 is 9.47 Å². The van der Waals surface area contributed by atoms with Crippen molar-refractivity contribution in [3.8, 4) is 17.4 Å². The van der Waals surface area contributed by atoms with Gasteiger partial charge in [0.2, 0.25) is 0 Å². The van der Waals surface area contributed by atoms with E-state index < -0.39 is 0 Å². The van der Waals surface area contributed by atoms with E-state index in [1.54, 1.807) is 31.6 Å². The molecule has 2 heterocycles. The third-order valence-corrected chi connectivity index (χ3v) is 4.58. The molecule has 2 aromatic heterocycles. The van der Waals surface area contributed by atoms with E-state index in [2.05, 4.69) is 19.9 Å². The van der Waals surface area contributed by atoms with Gasteiger partial charge in [0.05, 0.1) is 6.61 Å². The fourth-order valence-corrected chi connectivity index (χ4v) is 3.09. The minimum Gasteiger partial charge on any atom is -0.488 e. The normalized spacial score (nSPS) is 18.3. The Morgan fingerprint density at radius 3 is 2.41 bits per heavy atom. The second-order valence-electron chi connectivity index (χ2n) is 6.39. The maximum atomic E-state index is 13.9. The summed E-state index contributed by atoms with van der Waals surface area (Å²) in [5.74, 6) is 1.57. The molecule has 4 rings (SSSR count). The summed E-state index contributed by atoms with van der Waals surface area (Å²) in [7, 11) is 1.59. The Balaban J connectivity index is 1.45. The van der Waals surface area contributed by atoms with Crippen LogP contribution in [0.4, 0.5) is 4.39 Å². The minimum atomic E-state index is -0.359. The average molecular weight is 366 g/mol. The molecule has 0 bridgehead atoms. The zero-order chi connectivity index (χ0) is 18.6. The van der Waals surface area contributed by atoms with Crippen molar-refractivity contribution < 1.29 is 13.9 Å². The summed E-state index contributed by atoms with van der Waals surface area (Å²) in [5, 5.41) is 0. The largest absolute Gasteiger partial charge is 0.488 e. The number of benzene rings is 1. The van der Waals surface area contributed by atoms with E-state index in [4.69, 9.17) is 9.47 Å². The predicted octanol–water partition coefficient (Wildman–Crippen LogP) is 3.37. The van der Waals surface area contributed by atoms with Crippen molar-refractivity contribution in [2.24, 2.45) is 0 Å². The van der Waals surface area contributed by atoms with Crippen LogP contribution in [0.15, 0.2) is 49.1 Å². The molecule has 1 saturated carbocycles. The monoisotopic (exact) mass is 366 g/mol. The van der Waals surface area contributed by atoms with Crippen LogP contribution in [0.2, 0.25) is 0 Å². The smallest absolute Gasteiger partial charge is 0.197 e. The fraction of sp³-hybridized carbons (Fsp3) is 0.300. The van der Waals surface area contributed by atoms with E-state index in [-0.39, 0.29) is 11.6 Å². The number of nitrogens with zero attached hydrogens (tertiary/aromatic N) is 4. The molecule has 1 aromatic carbocycles. The van der Waals surface area contributed by atoms with Crippen molar-refractivity contribution in [1.82, 2.24) is 19.9 Å². The number of aromatic nitrogens is 4. The number of ether oxygens (including phenoxy) is 2. The zero-order valence-corrected chi connectivity index (χ0v) is 14.9. The maximum Gasteiger partial charge on any atom is 0.197 e. The third-order valence-electron chi connectivity index (χ3n) is 4.58. The molecule has 1 aliphatic rings. The van der Waals surface area contributed by atoms with Gasteiger partial charge in [0.15, 0.2) is 23.2 Å². The molecule has 0 amide bonds. The van der Waals surface area contributed by atoms with E-state index in [1.807, 2.05) is 18.5 Å². The lowest BCUT2D eigenvalue weighted by Gasteiger charge is -2.09. The second-order valence-corrected chi connectivity index (χ2v) is 6.39. The fourth-order valence-electron chi connectivity index (χ4n) is 3.09. The van der Waals surface area contributed by atoms with Gasteiger partial charge >= 0.3 is 0 Å². The topological polar surface area (TPSA) is 70.0 Å². The van der Waals surface area contributed by atoms with Gasteiger partial charge in [-0.25, -0.2) is 24.3 Å². The predicted molar refractivity (Wildman–Crippen MR) is 96.9 cm³/mol. The summed E-state index contributed by atoms with van der Waals surface area (Å²) in [5.41, 5.74) is 2.12. The molecule has 1 aliphatic carbocycles. The Morgan fingerprint density at radius 1 is 0.963 bits per heavy atom. The first-order chi connectivity index (χ1) is 13.3. The molecule has 0 radical (unpaired) electrons. The molecule has 0 N–H and O–H groups in total. The second kappa shape index (κ2) is 7.75. The number of halogens is 1. The molecule has 0 aliphatic heterocycles. The highest BCUT2D eigenvalue weighted by Crippen LogP contribution is 2.54. The maximum absolute atomic E-state index is 13.9. The van der Waals surface area contributed by atoms with E-state index >= 15 is 0 Å². The molecule has 0 spiro atoms. The quantitative estimate of drug-likeness (QED) is 0.597. The summed E-state index contributed by atoms with van der Waals surface area (Å²) < 4.78 is 24.3. The number of hydrogen-bond donors (Lipinski definition) is 0. The van der Waals surface area contributed by atoms with Crippen molar-refractivity contribution in [3.63, 3.8) is 0 Å². The SMILES string of the molecule is COCCOc1cc([C@H]2C[C@H]2c2cnc(-c3ncccn3)nc2)ccc1F. The van der Waals surface area contributed by atoms with Crippen LogP contribution in [0.25, 0.3) is 11.6 Å². The minimum absolute atomic E-state index is 0.267. The van der Waals surface area contributed by atoms with Gasteiger partial charge in [-0.2, -0.15) is 0 Å². The van der Waals surface area contributed by atoms with E-state index in [0.29, 0.717) is 36.7 Å². The standard InChI is InChI=1S/C20H19FN4O2/c1-26-7-8-27-18-9-13(3-4-17(18)21)15-10-16(15)14-11-24-20(25-12-14)19-22-5-2-6-23-19/h2-6,9,11-12,15-16H,7-8,10H2,1H3/t15-,16+/m1/s1. The van der Waals surface area contributed by atoms with E-state index in [0.717, 1.165) is 17.5 Å². The van der Waals surface area contributed by atoms with Crippen molar-refractivity contribution >= 4 is 0 Å². The van der Waals surface area contributed by atoms with Crippen LogP contribution >= 0.6 is 0 Å². The molecule has 0 saturated heterocycles. The van der Waals surface area contributed by atoms with Gasteiger partial charge in [0.1, 0.15) is 6.61 Å². The van der Waals surface area contributed by atoms with Crippen molar-refractivity contribution in [3.05, 3.63) is 66.0 Å². The van der Waals surface area contributed by atoms with E-state index in [9.17, 15) is 4.39 Å². The van der Waals surface area contributed by atoms with Crippen molar-refractivity contribution in [2.75, 3.05) is 20.3 Å². The summed E-state index contributed by atoms with van der Waals surface area (Å²) in [6.45, 7) is 0.742. The zero-order valence-electron chi connectivity index (χ0n) is 14.9. The van der Waals surface area contributed by atoms with Crippen LogP contribution in [0.3, 0.4) is 0 Å². The van der Waals surface area contributed by atoms with Crippen LogP contribution in [-0.4, -0.2) is 40.3 Å². The Kier molecular flexibility index (Phi) is 5.02. The first kappa shape index (κ1) is 17.5. The van der Waals surface area contributed by atoms with Gasteiger partial charge in [-0.15, -0.1) is 0 Å². The van der Waals surface area contributed by atoms with Crippen LogP contribution < -0.4 is 4.74 Å². The highest BCUT2D eigenvalue weighted by molar-refractivity contribution is 5.43. The highest BCUT2D eigenvalue weighted by atomic mass is 19.1. The molecular weight excluding hydrogens is 347 g/mol. The molecule has 6 nitrogen and oxygen atoms in total. The van der Waals surface area contributed by atoms with Gasteiger partial charge in [-0.3, -0.25) is 0 Å². The van der Waals surface area contributed by atoms with Crippen LogP contribution in [-0.2, 0) is 4.74 Å². The highest BCUT2D eigenvalue weighted by Gasteiger charge is 2.40. The lowest BCUT2D eigenvalue weighted by molar-refractivity contribution is 0.144. The van der Waals surface area contributed by atoms with Crippen LogP contribution in [0.1, 0.15) is 29.4 Å². The number of hydrogen-bond acceptors (Lipinski definition) is 6. The first-order valence-corrected chi connectivity index (χ1v) is 8.77. The lowest BCUT2D eigenvalue weighted by Crippen LogP contribution is -2.05. The van der Waals surface area contributed by atoms with E-state index in [1.165, 1.54) is 6.07 Å². The Morgan fingerprint density at radius 2 is 1.67 bits per heavy atom. The summed E-state index contributed by atoms with van der Waals surface area (Å²) in [6, 6.07) is 6.81. The molecule has 138 valence electrons. The number of rotatable bonds is 7. The first-order valence-electron chi connectivity index (χ1n) is 8.77. The Hall–Kier alpha value is -2.93. The molecule has 0 unspecified atom stereocenters. The summed E-state index contributed by atoms with van der Waals surface area (Å²) >= 11 is 0. The molecule has 3 aromatic rings. The van der Waals surface area contributed by atoms with Gasteiger partial charge in [-0.1, -0.05) is 6.07 Å². The number of methoxy groups -OCH3 is 1. The molecule has 27 heavy (non-hydrogen) atoms. The van der Waals surface area contributed by atoms with Crippen molar-refractivity contribution in [1.29, 1.82) is 0 Å². The molecular formula is C20H19FN4O2. The Labute approximate surface area is 156 Å². The van der Waals surface area contributed by atoms with Crippen LogP contribution in [0, 0.1) is 5.82 Å².